The lowest BCUT2D eigenvalue weighted by Crippen LogP contribution is -2.10. The van der Waals surface area contributed by atoms with E-state index < -0.39 is 6.10 Å². The molecule has 4 heterocycles. The summed E-state index contributed by atoms with van der Waals surface area (Å²) in [6.07, 6.45) is 4.53. The molecule has 1 aliphatic carbocycles. The van der Waals surface area contributed by atoms with Gasteiger partial charge in [0.1, 0.15) is 11.9 Å². The molecule has 34 heavy (non-hydrogen) atoms. The monoisotopic (exact) mass is 475 g/mol. The van der Waals surface area contributed by atoms with Crippen LogP contribution in [0.3, 0.4) is 0 Å². The third-order valence-electron chi connectivity index (χ3n) is 6.69. The number of benzene rings is 1. The topological polar surface area (TPSA) is 78.9 Å². The standard InChI is InChI=1S/C26H26FN5OS/c1-13-20-10-23-24(30-15(3)34-23)19-7-6-18(27)9-21(19)14(2)33-22-8-17(11-29-26(22)28)25(20)32(31-13)12-16-4-5-16/h6-9,11,14,16H,4-5,10,12H2,1-3H3,(H2,28,29)/t14-/m1/s1. The Morgan fingerprint density at radius 3 is 2.85 bits per heavy atom. The van der Waals surface area contributed by atoms with Crippen LogP contribution in [0.2, 0.25) is 0 Å². The lowest BCUT2D eigenvalue weighted by molar-refractivity contribution is 0.227. The predicted molar refractivity (Wildman–Crippen MR) is 131 cm³/mol. The van der Waals surface area contributed by atoms with Crippen LogP contribution in [0.1, 0.15) is 52.6 Å². The van der Waals surface area contributed by atoms with Crippen molar-refractivity contribution in [3.05, 3.63) is 63.0 Å². The van der Waals surface area contributed by atoms with Gasteiger partial charge in [0.05, 0.1) is 22.1 Å². The van der Waals surface area contributed by atoms with E-state index in [1.54, 1.807) is 23.6 Å². The van der Waals surface area contributed by atoms with Crippen molar-refractivity contribution in [1.82, 2.24) is 19.7 Å². The Balaban J connectivity index is 1.62. The SMILES string of the molecule is Cc1nc2c(s1)Cc1c(C)nn(CC3CC3)c1-c1cnc(N)c(c1)O[C@H](C)c1cc(F)ccc1-2. The summed E-state index contributed by atoms with van der Waals surface area (Å²) in [7, 11) is 0. The Kier molecular flexibility index (Phi) is 4.95. The Labute approximate surface area is 201 Å². The number of hydrogen-bond donors (Lipinski definition) is 1. The zero-order valence-corrected chi connectivity index (χ0v) is 20.2. The zero-order chi connectivity index (χ0) is 23.6. The molecule has 8 heteroatoms. The van der Waals surface area contributed by atoms with Gasteiger partial charge in [-0.1, -0.05) is 0 Å². The van der Waals surface area contributed by atoms with E-state index in [1.807, 2.05) is 19.9 Å². The molecule has 1 atom stereocenters. The van der Waals surface area contributed by atoms with Gasteiger partial charge in [-0.2, -0.15) is 5.10 Å². The normalized spacial score (nSPS) is 17.1. The molecule has 2 aliphatic rings. The van der Waals surface area contributed by atoms with Crippen LogP contribution in [-0.4, -0.2) is 19.7 Å². The molecule has 0 unspecified atom stereocenters. The van der Waals surface area contributed by atoms with Gasteiger partial charge >= 0.3 is 0 Å². The summed E-state index contributed by atoms with van der Waals surface area (Å²) in [6.45, 7) is 6.87. The molecule has 0 radical (unpaired) electrons. The van der Waals surface area contributed by atoms with Crippen LogP contribution in [0.4, 0.5) is 10.2 Å². The first-order valence-corrected chi connectivity index (χ1v) is 12.4. The molecule has 0 amide bonds. The van der Waals surface area contributed by atoms with E-state index in [-0.39, 0.29) is 5.82 Å². The van der Waals surface area contributed by atoms with Crippen LogP contribution in [0.15, 0.2) is 30.5 Å². The van der Waals surface area contributed by atoms with Gasteiger partial charge in [0.25, 0.3) is 0 Å². The largest absolute Gasteiger partial charge is 0.482 e. The van der Waals surface area contributed by atoms with E-state index >= 15 is 0 Å². The van der Waals surface area contributed by atoms with Gasteiger partial charge in [-0.05, 0) is 63.8 Å². The molecule has 1 fully saturated rings. The number of hydrogen-bond acceptors (Lipinski definition) is 6. The molecule has 0 saturated heterocycles. The molecule has 174 valence electrons. The van der Waals surface area contributed by atoms with Crippen molar-refractivity contribution < 1.29 is 9.13 Å². The van der Waals surface area contributed by atoms with Crippen LogP contribution in [0.25, 0.3) is 22.5 Å². The fourth-order valence-corrected chi connectivity index (χ4v) is 5.77. The van der Waals surface area contributed by atoms with Gasteiger partial charge in [0, 0.05) is 46.3 Å². The Hall–Kier alpha value is -3.26. The van der Waals surface area contributed by atoms with Gasteiger partial charge in [-0.25, -0.2) is 14.4 Å². The average molecular weight is 476 g/mol. The highest BCUT2D eigenvalue weighted by atomic mass is 32.1. The third kappa shape index (κ3) is 3.66. The number of pyridine rings is 1. The molecule has 1 aliphatic heterocycles. The van der Waals surface area contributed by atoms with Gasteiger partial charge in [-0.3, -0.25) is 4.68 Å². The summed E-state index contributed by atoms with van der Waals surface area (Å²) < 4.78 is 22.8. The summed E-state index contributed by atoms with van der Waals surface area (Å²) in [5.41, 5.74) is 12.8. The highest BCUT2D eigenvalue weighted by Gasteiger charge is 2.28. The van der Waals surface area contributed by atoms with Crippen LogP contribution < -0.4 is 10.5 Å². The second-order valence-corrected chi connectivity index (χ2v) is 10.6. The number of thiazole rings is 1. The van der Waals surface area contributed by atoms with Crippen molar-refractivity contribution >= 4 is 17.2 Å². The van der Waals surface area contributed by atoms with Crippen LogP contribution in [0, 0.1) is 25.6 Å². The number of halogens is 1. The third-order valence-corrected chi connectivity index (χ3v) is 7.66. The fraction of sp³-hybridized carbons (Fsp3) is 0.346. The summed E-state index contributed by atoms with van der Waals surface area (Å²) in [5.74, 6) is 1.15. The number of ether oxygens (including phenoxy) is 1. The number of anilines is 1. The first kappa shape index (κ1) is 21.3. The molecule has 0 spiro atoms. The van der Waals surface area contributed by atoms with E-state index in [1.165, 1.54) is 25.0 Å². The minimum absolute atomic E-state index is 0.308. The van der Waals surface area contributed by atoms with E-state index in [4.69, 9.17) is 20.6 Å². The first-order valence-electron chi connectivity index (χ1n) is 11.6. The molecule has 4 aromatic rings. The Bertz CT molecular complexity index is 1420. The quantitative estimate of drug-likeness (QED) is 0.393. The lowest BCUT2D eigenvalue weighted by atomic mass is 9.96. The number of nitrogen functional groups attached to an aromatic ring is 1. The summed E-state index contributed by atoms with van der Waals surface area (Å²) in [5, 5.41) is 5.91. The molecule has 1 saturated carbocycles. The lowest BCUT2D eigenvalue weighted by Gasteiger charge is -2.21. The minimum atomic E-state index is -0.447. The van der Waals surface area contributed by atoms with Crippen LogP contribution in [0.5, 0.6) is 5.75 Å². The van der Waals surface area contributed by atoms with Crippen molar-refractivity contribution in [2.75, 3.05) is 5.73 Å². The second-order valence-electron chi connectivity index (χ2n) is 9.32. The maximum atomic E-state index is 14.3. The maximum absolute atomic E-state index is 14.3. The van der Waals surface area contributed by atoms with Crippen LogP contribution >= 0.6 is 11.3 Å². The summed E-state index contributed by atoms with van der Waals surface area (Å²) in [6, 6.07) is 6.76. The van der Waals surface area contributed by atoms with E-state index in [0.29, 0.717) is 23.9 Å². The highest BCUT2D eigenvalue weighted by molar-refractivity contribution is 7.12. The van der Waals surface area contributed by atoms with Crippen molar-refractivity contribution in [2.24, 2.45) is 5.92 Å². The zero-order valence-electron chi connectivity index (χ0n) is 19.4. The number of nitrogens with zero attached hydrogens (tertiary/aromatic N) is 4. The van der Waals surface area contributed by atoms with Crippen molar-refractivity contribution in [3.8, 4) is 28.3 Å². The molecule has 2 N–H and O–H groups in total. The van der Waals surface area contributed by atoms with E-state index in [9.17, 15) is 4.39 Å². The molecule has 1 aromatic carbocycles. The maximum Gasteiger partial charge on any atom is 0.166 e. The minimum Gasteiger partial charge on any atom is -0.482 e. The molecular weight excluding hydrogens is 449 g/mol. The predicted octanol–water partition coefficient (Wildman–Crippen LogP) is 5.86. The van der Waals surface area contributed by atoms with Gasteiger partial charge in [0.2, 0.25) is 0 Å². The van der Waals surface area contributed by atoms with Crippen LogP contribution in [-0.2, 0) is 13.0 Å². The van der Waals surface area contributed by atoms with Gasteiger partial charge in [-0.15, -0.1) is 11.3 Å². The number of aromatic nitrogens is 4. The smallest absolute Gasteiger partial charge is 0.166 e. The van der Waals surface area contributed by atoms with Crippen molar-refractivity contribution in [2.45, 2.75) is 52.7 Å². The molecule has 6 rings (SSSR count). The molecule has 2 bridgehead atoms. The first-order chi connectivity index (χ1) is 16.4. The molecule has 3 aromatic heterocycles. The fourth-order valence-electron chi connectivity index (χ4n) is 4.81. The highest BCUT2D eigenvalue weighted by Crippen LogP contribution is 2.41. The van der Waals surface area contributed by atoms with Gasteiger partial charge in [0.15, 0.2) is 11.6 Å². The van der Waals surface area contributed by atoms with Gasteiger partial charge < -0.3 is 10.5 Å². The molecular formula is C26H26FN5OS. The number of nitrogens with two attached hydrogens (primary N) is 1. The van der Waals surface area contributed by atoms with E-state index in [0.717, 1.165) is 55.8 Å². The number of fused-ring (bicyclic) bond motifs is 7. The van der Waals surface area contributed by atoms with Crippen molar-refractivity contribution in [3.63, 3.8) is 0 Å². The van der Waals surface area contributed by atoms with Crippen molar-refractivity contribution in [1.29, 1.82) is 0 Å². The summed E-state index contributed by atoms with van der Waals surface area (Å²) in [4.78, 5) is 10.5. The number of aryl methyl sites for hydroxylation is 2. The van der Waals surface area contributed by atoms with E-state index in [2.05, 4.69) is 16.6 Å². The second kappa shape index (κ2) is 7.91. The average Bonchev–Trinajstić information content (AvgIpc) is 3.46. The Morgan fingerprint density at radius 2 is 2.06 bits per heavy atom. The Morgan fingerprint density at radius 1 is 1.24 bits per heavy atom. The number of rotatable bonds is 2. The molecule has 6 nitrogen and oxygen atoms in total. The summed E-state index contributed by atoms with van der Waals surface area (Å²) >= 11 is 1.68.